The topological polar surface area (TPSA) is 18.5 Å². The molecule has 0 bridgehead atoms. The summed E-state index contributed by atoms with van der Waals surface area (Å²) in [6, 6.07) is 1.47. The summed E-state index contributed by atoms with van der Waals surface area (Å²) in [5.41, 5.74) is -0.0768. The molecular formula is C18H20F6O2. The van der Waals surface area contributed by atoms with Crippen LogP contribution in [0.25, 0.3) is 0 Å². The normalized spacial score (nSPS) is 21.8. The first kappa shape index (κ1) is 20.6. The van der Waals surface area contributed by atoms with Gasteiger partial charge in [-0.25, -0.2) is 17.6 Å². The predicted molar refractivity (Wildman–Crippen MR) is 83.2 cm³/mol. The van der Waals surface area contributed by atoms with Gasteiger partial charge in [0.15, 0.2) is 17.4 Å². The average molecular weight is 382 g/mol. The van der Waals surface area contributed by atoms with E-state index in [9.17, 15) is 26.3 Å². The molecule has 1 aromatic carbocycles. The van der Waals surface area contributed by atoms with Crippen molar-refractivity contribution in [1.29, 1.82) is 0 Å². The van der Waals surface area contributed by atoms with E-state index in [4.69, 9.17) is 4.74 Å². The minimum absolute atomic E-state index is 0.0768. The van der Waals surface area contributed by atoms with Crippen molar-refractivity contribution in [3.8, 4) is 5.75 Å². The van der Waals surface area contributed by atoms with Crippen LogP contribution in [0.15, 0.2) is 24.8 Å². The first-order valence-electron chi connectivity index (χ1n) is 8.26. The molecule has 0 spiro atoms. The van der Waals surface area contributed by atoms with E-state index in [1.165, 1.54) is 0 Å². The molecule has 0 saturated heterocycles. The monoisotopic (exact) mass is 382 g/mol. The third-order valence-electron chi connectivity index (χ3n) is 4.57. The van der Waals surface area contributed by atoms with E-state index in [-0.39, 0.29) is 11.5 Å². The second-order valence-corrected chi connectivity index (χ2v) is 6.29. The van der Waals surface area contributed by atoms with E-state index in [0.717, 1.165) is 25.0 Å². The third-order valence-corrected chi connectivity index (χ3v) is 4.57. The summed E-state index contributed by atoms with van der Waals surface area (Å²) in [5, 5.41) is 0. The SMILES string of the molecule is C=CC1CCC(C(OCc2cc(F)c(OC(F)F)c(F)c2)C(F)F)CC1. The number of rotatable bonds is 8. The summed E-state index contributed by atoms with van der Waals surface area (Å²) >= 11 is 0. The smallest absolute Gasteiger partial charge is 0.387 e. The molecule has 0 aliphatic heterocycles. The Bertz CT molecular complexity index is 576. The number of allylic oxidation sites excluding steroid dienone is 1. The van der Waals surface area contributed by atoms with E-state index < -0.39 is 43.1 Å². The fourth-order valence-electron chi connectivity index (χ4n) is 3.21. The highest BCUT2D eigenvalue weighted by Crippen LogP contribution is 2.35. The minimum Gasteiger partial charge on any atom is -0.429 e. The van der Waals surface area contributed by atoms with Crippen LogP contribution < -0.4 is 4.74 Å². The van der Waals surface area contributed by atoms with Crippen molar-refractivity contribution >= 4 is 0 Å². The molecule has 0 aromatic heterocycles. The van der Waals surface area contributed by atoms with Gasteiger partial charge in [-0.2, -0.15) is 8.78 Å². The van der Waals surface area contributed by atoms with Gasteiger partial charge in [0.05, 0.1) is 6.61 Å². The van der Waals surface area contributed by atoms with Crippen LogP contribution in [0.4, 0.5) is 26.3 Å². The van der Waals surface area contributed by atoms with Gasteiger partial charge in [-0.1, -0.05) is 6.08 Å². The van der Waals surface area contributed by atoms with E-state index in [2.05, 4.69) is 11.3 Å². The fraction of sp³-hybridized carbons (Fsp3) is 0.556. The molecule has 0 amide bonds. The standard InChI is InChI=1S/C18H20F6O2/c1-2-10-3-5-12(6-4-10)15(17(21)22)25-9-11-7-13(19)16(14(20)8-11)26-18(23)24/h2,7-8,10,12,15,17-18H,1,3-6,9H2. The molecule has 1 aliphatic rings. The van der Waals surface area contributed by atoms with Gasteiger partial charge in [-0.05, 0) is 55.2 Å². The maximum absolute atomic E-state index is 13.7. The largest absolute Gasteiger partial charge is 0.429 e. The maximum atomic E-state index is 13.7. The lowest BCUT2D eigenvalue weighted by Crippen LogP contribution is -2.33. The zero-order valence-electron chi connectivity index (χ0n) is 13.9. The molecule has 1 aromatic rings. The summed E-state index contributed by atoms with van der Waals surface area (Å²) in [7, 11) is 0. The Kier molecular flexibility index (Phi) is 7.37. The van der Waals surface area contributed by atoms with E-state index in [1.54, 1.807) is 0 Å². The summed E-state index contributed by atoms with van der Waals surface area (Å²) in [6.45, 7) is -0.140. The summed E-state index contributed by atoms with van der Waals surface area (Å²) in [6.07, 6.45) is 0.293. The fourth-order valence-corrected chi connectivity index (χ4v) is 3.21. The predicted octanol–water partition coefficient (Wildman–Crippen LogP) is 5.71. The number of alkyl halides is 4. The third kappa shape index (κ3) is 5.40. The molecule has 0 heterocycles. The number of ether oxygens (including phenoxy) is 2. The molecule has 2 nitrogen and oxygen atoms in total. The molecular weight excluding hydrogens is 362 g/mol. The van der Waals surface area contributed by atoms with Crippen molar-refractivity contribution in [2.75, 3.05) is 0 Å². The Morgan fingerprint density at radius 2 is 1.62 bits per heavy atom. The van der Waals surface area contributed by atoms with Gasteiger partial charge in [-0.3, -0.25) is 0 Å². The van der Waals surface area contributed by atoms with E-state index in [1.807, 2.05) is 6.08 Å². The molecule has 1 fully saturated rings. The molecule has 1 atom stereocenters. The van der Waals surface area contributed by atoms with Crippen LogP contribution >= 0.6 is 0 Å². The first-order chi connectivity index (χ1) is 12.3. The van der Waals surface area contributed by atoms with Gasteiger partial charge in [0.2, 0.25) is 0 Å². The molecule has 0 radical (unpaired) electrons. The van der Waals surface area contributed by atoms with Gasteiger partial charge in [0, 0.05) is 0 Å². The van der Waals surface area contributed by atoms with Crippen molar-refractivity contribution in [1.82, 2.24) is 0 Å². The lowest BCUT2D eigenvalue weighted by Gasteiger charge is -2.32. The molecule has 146 valence electrons. The van der Waals surface area contributed by atoms with Gasteiger partial charge in [0.25, 0.3) is 6.43 Å². The molecule has 1 aliphatic carbocycles. The summed E-state index contributed by atoms with van der Waals surface area (Å²) in [5.74, 6) is -3.96. The molecule has 1 saturated carbocycles. The van der Waals surface area contributed by atoms with Crippen LogP contribution in [0.1, 0.15) is 31.2 Å². The second kappa shape index (κ2) is 9.30. The minimum atomic E-state index is -3.38. The molecule has 8 heteroatoms. The van der Waals surface area contributed by atoms with Gasteiger partial charge < -0.3 is 9.47 Å². The molecule has 26 heavy (non-hydrogen) atoms. The Labute approximate surface area is 147 Å². The van der Waals surface area contributed by atoms with Crippen LogP contribution in [-0.2, 0) is 11.3 Å². The van der Waals surface area contributed by atoms with E-state index >= 15 is 0 Å². The van der Waals surface area contributed by atoms with Crippen molar-refractivity contribution in [3.05, 3.63) is 42.0 Å². The number of halogens is 6. The average Bonchev–Trinajstić information content (AvgIpc) is 2.58. The van der Waals surface area contributed by atoms with Gasteiger partial charge >= 0.3 is 6.61 Å². The molecule has 1 unspecified atom stereocenters. The van der Waals surface area contributed by atoms with Crippen LogP contribution in [0.2, 0.25) is 0 Å². The lowest BCUT2D eigenvalue weighted by molar-refractivity contribution is -0.101. The Morgan fingerprint density at radius 3 is 2.08 bits per heavy atom. The molecule has 0 N–H and O–H groups in total. The summed E-state index contributed by atoms with van der Waals surface area (Å²) in [4.78, 5) is 0. The number of benzene rings is 1. The van der Waals surface area contributed by atoms with Gasteiger partial charge in [-0.15, -0.1) is 6.58 Å². The maximum Gasteiger partial charge on any atom is 0.387 e. The van der Waals surface area contributed by atoms with Gasteiger partial charge in [0.1, 0.15) is 6.10 Å². The zero-order chi connectivity index (χ0) is 19.3. The highest BCUT2D eigenvalue weighted by atomic mass is 19.3. The lowest BCUT2D eigenvalue weighted by atomic mass is 9.79. The van der Waals surface area contributed by atoms with Crippen LogP contribution in [0, 0.1) is 23.5 Å². The number of hydrogen-bond donors (Lipinski definition) is 0. The summed E-state index contributed by atoms with van der Waals surface area (Å²) < 4.78 is 87.2. The Balaban J connectivity index is 2.02. The Hall–Kier alpha value is -1.70. The number of hydrogen-bond acceptors (Lipinski definition) is 2. The highest BCUT2D eigenvalue weighted by molar-refractivity contribution is 5.31. The second-order valence-electron chi connectivity index (χ2n) is 6.29. The van der Waals surface area contributed by atoms with Crippen molar-refractivity contribution in [3.63, 3.8) is 0 Å². The van der Waals surface area contributed by atoms with Crippen LogP contribution in [-0.4, -0.2) is 19.1 Å². The quantitative estimate of drug-likeness (QED) is 0.424. The molecule has 2 rings (SSSR count). The Morgan fingerprint density at radius 1 is 1.04 bits per heavy atom. The van der Waals surface area contributed by atoms with Crippen molar-refractivity contribution in [2.45, 2.75) is 51.4 Å². The van der Waals surface area contributed by atoms with Crippen LogP contribution in [0.5, 0.6) is 5.75 Å². The zero-order valence-corrected chi connectivity index (χ0v) is 13.9. The first-order valence-corrected chi connectivity index (χ1v) is 8.26. The van der Waals surface area contributed by atoms with E-state index in [0.29, 0.717) is 18.8 Å². The highest BCUT2D eigenvalue weighted by Gasteiger charge is 2.33. The van der Waals surface area contributed by atoms with Crippen molar-refractivity contribution in [2.24, 2.45) is 11.8 Å². The van der Waals surface area contributed by atoms with Crippen LogP contribution in [0.3, 0.4) is 0 Å². The van der Waals surface area contributed by atoms with Crippen molar-refractivity contribution < 1.29 is 35.8 Å².